The van der Waals surface area contributed by atoms with Crippen LogP contribution in [0.5, 0.6) is 0 Å². The summed E-state index contributed by atoms with van der Waals surface area (Å²) in [5.74, 6) is -0.637. The Morgan fingerprint density at radius 3 is 2.62 bits per heavy atom. The second kappa shape index (κ2) is 7.68. The molecule has 21 heavy (non-hydrogen) atoms. The van der Waals surface area contributed by atoms with Crippen molar-refractivity contribution in [3.8, 4) is 0 Å². The molecule has 0 saturated carbocycles. The molecule has 0 aliphatic rings. The van der Waals surface area contributed by atoms with E-state index in [4.69, 9.17) is 0 Å². The van der Waals surface area contributed by atoms with Crippen molar-refractivity contribution < 1.29 is 18.0 Å². The molecule has 0 aliphatic carbocycles. The highest BCUT2D eigenvalue weighted by molar-refractivity contribution is 7.98. The van der Waals surface area contributed by atoms with Gasteiger partial charge in [-0.05, 0) is 24.4 Å². The van der Waals surface area contributed by atoms with Gasteiger partial charge in [0.25, 0.3) is 5.91 Å². The summed E-state index contributed by atoms with van der Waals surface area (Å²) in [4.78, 5) is 16.1. The van der Waals surface area contributed by atoms with Gasteiger partial charge in [-0.15, -0.1) is 0 Å². The van der Waals surface area contributed by atoms with E-state index in [1.54, 1.807) is 0 Å². The minimum atomic E-state index is -4.56. The van der Waals surface area contributed by atoms with Crippen molar-refractivity contribution in [3.05, 3.63) is 29.6 Å². The van der Waals surface area contributed by atoms with Crippen LogP contribution in [-0.2, 0) is 6.18 Å². The lowest BCUT2D eigenvalue weighted by molar-refractivity contribution is -0.138. The number of carbonyl (C=O) groups is 1. The molecule has 0 fully saturated rings. The first-order valence-electron chi connectivity index (χ1n) is 6.77. The highest BCUT2D eigenvalue weighted by atomic mass is 32.2. The lowest BCUT2D eigenvalue weighted by Gasteiger charge is -2.24. The van der Waals surface area contributed by atoms with E-state index < -0.39 is 23.2 Å². The van der Waals surface area contributed by atoms with Gasteiger partial charge in [0.05, 0.1) is 11.1 Å². The minimum Gasteiger partial charge on any atom is -0.282 e. The molecule has 1 amide bonds. The molecule has 0 aromatic carbocycles. The predicted molar refractivity (Wildman–Crippen MR) is 77.9 cm³/mol. The Kier molecular flexibility index (Phi) is 6.51. The molecular weight excluding hydrogens is 301 g/mol. The number of hydrogen-bond acceptors (Lipinski definition) is 3. The Hall–Kier alpha value is -1.24. The first kappa shape index (κ1) is 17.8. The molecule has 3 nitrogen and oxygen atoms in total. The maximum atomic E-state index is 13.0. The molecule has 0 aliphatic heterocycles. The fourth-order valence-corrected chi connectivity index (χ4v) is 2.64. The van der Waals surface area contributed by atoms with Crippen molar-refractivity contribution in [1.82, 2.24) is 9.29 Å². The molecule has 0 atom stereocenters. The lowest BCUT2D eigenvalue weighted by atomic mass is 10.1. The van der Waals surface area contributed by atoms with Crippen molar-refractivity contribution in [1.29, 1.82) is 0 Å². The van der Waals surface area contributed by atoms with Crippen LogP contribution in [0, 0.1) is 0 Å². The Morgan fingerprint density at radius 2 is 2.10 bits per heavy atom. The average molecular weight is 320 g/mol. The number of halogens is 3. The third-order valence-corrected chi connectivity index (χ3v) is 3.66. The monoisotopic (exact) mass is 320 g/mol. The van der Waals surface area contributed by atoms with Gasteiger partial charge in [0.2, 0.25) is 0 Å². The number of aromatic nitrogens is 1. The third-order valence-electron chi connectivity index (χ3n) is 2.64. The van der Waals surface area contributed by atoms with Crippen molar-refractivity contribution in [2.45, 2.75) is 45.0 Å². The van der Waals surface area contributed by atoms with E-state index in [1.165, 1.54) is 16.3 Å². The third kappa shape index (κ3) is 5.22. The van der Waals surface area contributed by atoms with Gasteiger partial charge in [-0.2, -0.15) is 13.2 Å². The normalized spacial score (nSPS) is 11.8. The van der Waals surface area contributed by atoms with Crippen molar-refractivity contribution in [2.24, 2.45) is 0 Å². The smallest absolute Gasteiger partial charge is 0.282 e. The summed E-state index contributed by atoms with van der Waals surface area (Å²) in [6.45, 7) is 6.17. The van der Waals surface area contributed by atoms with Crippen molar-refractivity contribution >= 4 is 17.9 Å². The molecule has 118 valence electrons. The number of amides is 1. The first-order valence-corrected chi connectivity index (χ1v) is 7.60. The Morgan fingerprint density at radius 1 is 1.43 bits per heavy atom. The molecule has 7 heteroatoms. The maximum absolute atomic E-state index is 13.0. The quantitative estimate of drug-likeness (QED) is 0.728. The highest BCUT2D eigenvalue weighted by Gasteiger charge is 2.36. The second-order valence-electron chi connectivity index (χ2n) is 4.83. The van der Waals surface area contributed by atoms with Gasteiger partial charge >= 0.3 is 6.18 Å². The highest BCUT2D eigenvalue weighted by Crippen LogP contribution is 2.33. The fraction of sp³-hybridized carbons (Fsp3) is 0.571. The zero-order valence-electron chi connectivity index (χ0n) is 12.3. The first-order chi connectivity index (χ1) is 9.77. The summed E-state index contributed by atoms with van der Waals surface area (Å²) in [7, 11) is 0. The SMILES string of the molecule is CCCCN(SC(C)C)C(=O)c1cnccc1C(F)(F)F. The number of rotatable bonds is 6. The molecule has 0 bridgehead atoms. The molecule has 1 aromatic heterocycles. The van der Waals surface area contributed by atoms with Crippen molar-refractivity contribution in [3.63, 3.8) is 0 Å². The molecule has 0 radical (unpaired) electrons. The Bertz CT molecular complexity index is 478. The Balaban J connectivity index is 3.08. The zero-order valence-corrected chi connectivity index (χ0v) is 13.1. The van der Waals surface area contributed by atoms with Gasteiger partial charge in [-0.25, -0.2) is 0 Å². The summed E-state index contributed by atoms with van der Waals surface area (Å²) in [5.41, 5.74) is -1.33. The van der Waals surface area contributed by atoms with E-state index in [2.05, 4.69) is 4.98 Å². The van der Waals surface area contributed by atoms with Crippen LogP contribution in [0.1, 0.15) is 49.5 Å². The van der Waals surface area contributed by atoms with E-state index in [1.807, 2.05) is 20.8 Å². The van der Waals surface area contributed by atoms with Crippen molar-refractivity contribution in [2.75, 3.05) is 6.54 Å². The number of nitrogens with zero attached hydrogens (tertiary/aromatic N) is 2. The number of pyridine rings is 1. The number of unbranched alkanes of at least 4 members (excludes halogenated alkanes) is 1. The van der Waals surface area contributed by atoms with Gasteiger partial charge in [-0.1, -0.05) is 27.2 Å². The van der Waals surface area contributed by atoms with E-state index >= 15 is 0 Å². The zero-order chi connectivity index (χ0) is 16.0. The fourth-order valence-electron chi connectivity index (χ4n) is 1.70. The van der Waals surface area contributed by atoms with Gasteiger partial charge < -0.3 is 0 Å². The summed E-state index contributed by atoms with van der Waals surface area (Å²) < 4.78 is 40.3. The van der Waals surface area contributed by atoms with Gasteiger partial charge in [0, 0.05) is 24.2 Å². The van der Waals surface area contributed by atoms with E-state index in [0.29, 0.717) is 6.54 Å². The molecule has 1 aromatic rings. The topological polar surface area (TPSA) is 33.2 Å². The summed E-state index contributed by atoms with van der Waals surface area (Å²) in [5, 5.41) is 0.108. The van der Waals surface area contributed by atoms with E-state index in [9.17, 15) is 18.0 Å². The van der Waals surface area contributed by atoms with Crippen LogP contribution >= 0.6 is 11.9 Å². The largest absolute Gasteiger partial charge is 0.417 e. The maximum Gasteiger partial charge on any atom is 0.417 e. The number of alkyl halides is 3. The van der Waals surface area contributed by atoms with Crippen LogP contribution in [0.3, 0.4) is 0 Å². The molecule has 1 heterocycles. The van der Waals surface area contributed by atoms with Crippen LogP contribution < -0.4 is 0 Å². The van der Waals surface area contributed by atoms with Crippen LogP contribution in [0.15, 0.2) is 18.5 Å². The van der Waals surface area contributed by atoms with E-state index in [-0.39, 0.29) is 5.25 Å². The summed E-state index contributed by atoms with van der Waals surface area (Å²) in [6.07, 6.45) is -0.919. The van der Waals surface area contributed by atoms with Crippen LogP contribution in [-0.4, -0.2) is 27.0 Å². The summed E-state index contributed by atoms with van der Waals surface area (Å²) in [6, 6.07) is 0.839. The van der Waals surface area contributed by atoms with Crippen LogP contribution in [0.4, 0.5) is 13.2 Å². The van der Waals surface area contributed by atoms with Gasteiger partial charge in [0.15, 0.2) is 0 Å². The van der Waals surface area contributed by atoms with Crippen LogP contribution in [0.25, 0.3) is 0 Å². The average Bonchev–Trinajstić information content (AvgIpc) is 2.41. The molecular formula is C14H19F3N2OS. The standard InChI is InChI=1S/C14H19F3N2OS/c1-4-5-8-19(21-10(2)3)13(20)11-9-18-7-6-12(11)14(15,16)17/h6-7,9-10H,4-5,8H2,1-3H3. The molecule has 1 rings (SSSR count). The lowest BCUT2D eigenvalue weighted by Crippen LogP contribution is -2.29. The minimum absolute atomic E-state index is 0.108. The number of hydrogen-bond donors (Lipinski definition) is 0. The number of carbonyl (C=O) groups excluding carboxylic acids is 1. The second-order valence-corrected chi connectivity index (χ2v) is 6.43. The summed E-state index contributed by atoms with van der Waals surface area (Å²) >= 11 is 1.25. The molecule has 0 N–H and O–H groups in total. The van der Waals surface area contributed by atoms with Gasteiger partial charge in [0.1, 0.15) is 0 Å². The molecule has 0 spiro atoms. The molecule has 0 unspecified atom stereocenters. The predicted octanol–water partition coefficient (Wildman–Crippen LogP) is 4.40. The van der Waals surface area contributed by atoms with Gasteiger partial charge in [-0.3, -0.25) is 14.1 Å². The van der Waals surface area contributed by atoms with E-state index in [0.717, 1.165) is 31.3 Å². The Labute approximate surface area is 127 Å². The van der Waals surface area contributed by atoms with Crippen LogP contribution in [0.2, 0.25) is 0 Å². The molecule has 0 saturated heterocycles.